The van der Waals surface area contributed by atoms with E-state index in [-0.39, 0.29) is 10.7 Å². The number of hydrogen-bond acceptors (Lipinski definition) is 2. The molecule has 0 aliphatic heterocycles. The lowest BCUT2D eigenvalue weighted by atomic mass is 9.65. The summed E-state index contributed by atoms with van der Waals surface area (Å²) in [6.07, 6.45) is 5.33. The van der Waals surface area contributed by atoms with Crippen LogP contribution in [0.25, 0.3) is 0 Å². The predicted molar refractivity (Wildman–Crippen MR) is 66.4 cm³/mol. The molecule has 1 saturated carbocycles. The van der Waals surface area contributed by atoms with Crippen LogP contribution in [-0.4, -0.2) is 10.5 Å². The molecule has 0 spiro atoms. The Labute approximate surface area is 99.9 Å². The van der Waals surface area contributed by atoms with Gasteiger partial charge in [-0.2, -0.15) is 0 Å². The van der Waals surface area contributed by atoms with Gasteiger partial charge in [-0.1, -0.05) is 30.4 Å². The van der Waals surface area contributed by atoms with Gasteiger partial charge in [0.1, 0.15) is 0 Å². The standard InChI is InChI=1S/C14H14OS/c1-14(16-10-6-3-2-4-7-10)12-9-5-8-11(12)13(14)15/h2-7,9,11-12H,8H2,1H3. The van der Waals surface area contributed by atoms with E-state index in [9.17, 15) is 4.79 Å². The van der Waals surface area contributed by atoms with Gasteiger partial charge >= 0.3 is 0 Å². The summed E-state index contributed by atoms with van der Waals surface area (Å²) in [5.74, 6) is 1.16. The molecule has 3 atom stereocenters. The second-order valence-corrected chi connectivity index (χ2v) is 6.21. The van der Waals surface area contributed by atoms with E-state index in [2.05, 4.69) is 31.2 Å². The monoisotopic (exact) mass is 230 g/mol. The van der Waals surface area contributed by atoms with Crippen molar-refractivity contribution >= 4 is 17.5 Å². The minimum absolute atomic E-state index is 0.223. The first-order valence-corrected chi connectivity index (χ1v) is 6.48. The van der Waals surface area contributed by atoms with Crippen molar-refractivity contribution in [3.63, 3.8) is 0 Å². The molecule has 2 heteroatoms. The number of fused-ring (bicyclic) bond motifs is 1. The van der Waals surface area contributed by atoms with E-state index in [0.717, 1.165) is 6.42 Å². The Bertz CT molecular complexity index is 451. The van der Waals surface area contributed by atoms with Gasteiger partial charge in [0.05, 0.1) is 4.75 Å². The summed E-state index contributed by atoms with van der Waals surface area (Å²) in [7, 11) is 0. The number of benzene rings is 1. The van der Waals surface area contributed by atoms with Gasteiger partial charge in [-0.05, 0) is 25.5 Å². The van der Waals surface area contributed by atoms with E-state index in [1.165, 1.54) is 4.90 Å². The third-order valence-electron chi connectivity index (χ3n) is 3.70. The normalized spacial score (nSPS) is 35.9. The van der Waals surface area contributed by atoms with Gasteiger partial charge < -0.3 is 0 Å². The number of allylic oxidation sites excluding steroid dienone is 2. The molecular weight excluding hydrogens is 216 g/mol. The van der Waals surface area contributed by atoms with Gasteiger partial charge in [-0.25, -0.2) is 0 Å². The van der Waals surface area contributed by atoms with Crippen LogP contribution in [0.15, 0.2) is 47.4 Å². The van der Waals surface area contributed by atoms with Crippen molar-refractivity contribution in [2.24, 2.45) is 11.8 Å². The van der Waals surface area contributed by atoms with Crippen LogP contribution in [0.5, 0.6) is 0 Å². The molecule has 16 heavy (non-hydrogen) atoms. The molecule has 2 aliphatic rings. The molecule has 1 fully saturated rings. The van der Waals surface area contributed by atoms with Crippen molar-refractivity contribution in [2.75, 3.05) is 0 Å². The maximum Gasteiger partial charge on any atom is 0.153 e. The Hall–Kier alpha value is -1.02. The predicted octanol–water partition coefficient (Wildman–Crippen LogP) is 3.31. The first-order chi connectivity index (χ1) is 7.72. The summed E-state index contributed by atoms with van der Waals surface area (Å²) in [4.78, 5) is 13.3. The highest BCUT2D eigenvalue weighted by molar-refractivity contribution is 8.01. The van der Waals surface area contributed by atoms with Crippen molar-refractivity contribution in [1.29, 1.82) is 0 Å². The molecule has 0 N–H and O–H groups in total. The quantitative estimate of drug-likeness (QED) is 0.725. The van der Waals surface area contributed by atoms with Gasteiger partial charge in [-0.3, -0.25) is 4.79 Å². The maximum absolute atomic E-state index is 12.1. The Morgan fingerprint density at radius 2 is 2.06 bits per heavy atom. The third kappa shape index (κ3) is 1.29. The zero-order chi connectivity index (χ0) is 11.2. The molecule has 0 radical (unpaired) electrons. The van der Waals surface area contributed by atoms with Crippen molar-refractivity contribution in [2.45, 2.75) is 23.0 Å². The molecule has 1 nitrogen and oxygen atoms in total. The van der Waals surface area contributed by atoms with E-state index >= 15 is 0 Å². The number of hydrogen-bond donors (Lipinski definition) is 0. The Morgan fingerprint density at radius 3 is 2.81 bits per heavy atom. The summed E-state index contributed by atoms with van der Waals surface area (Å²) in [5, 5.41) is 0. The highest BCUT2D eigenvalue weighted by Gasteiger charge is 2.59. The fraction of sp³-hybridized carbons (Fsp3) is 0.357. The summed E-state index contributed by atoms with van der Waals surface area (Å²) >= 11 is 1.72. The van der Waals surface area contributed by atoms with E-state index in [1.54, 1.807) is 11.8 Å². The number of Topliss-reactive ketones (excluding diaryl/α,β-unsaturated/α-hetero) is 1. The third-order valence-corrected chi connectivity index (χ3v) is 5.11. The topological polar surface area (TPSA) is 17.1 Å². The average molecular weight is 230 g/mol. The average Bonchev–Trinajstić information content (AvgIpc) is 2.76. The van der Waals surface area contributed by atoms with Crippen LogP contribution in [0.2, 0.25) is 0 Å². The van der Waals surface area contributed by atoms with Gasteiger partial charge in [-0.15, -0.1) is 11.8 Å². The lowest BCUT2D eigenvalue weighted by Crippen LogP contribution is -2.56. The molecule has 0 heterocycles. The molecule has 0 bridgehead atoms. The van der Waals surface area contributed by atoms with E-state index in [4.69, 9.17) is 0 Å². The van der Waals surface area contributed by atoms with Crippen LogP contribution in [0.1, 0.15) is 13.3 Å². The van der Waals surface area contributed by atoms with Crippen molar-refractivity contribution in [3.8, 4) is 0 Å². The van der Waals surface area contributed by atoms with Gasteiger partial charge in [0, 0.05) is 16.7 Å². The maximum atomic E-state index is 12.1. The second-order valence-electron chi connectivity index (χ2n) is 4.68. The van der Waals surface area contributed by atoms with Crippen molar-refractivity contribution < 1.29 is 4.79 Å². The van der Waals surface area contributed by atoms with Crippen LogP contribution < -0.4 is 0 Å². The summed E-state index contributed by atoms with van der Waals surface area (Å²) in [6.45, 7) is 2.09. The smallest absolute Gasteiger partial charge is 0.153 e. The minimum Gasteiger partial charge on any atom is -0.298 e. The number of carbonyl (C=O) groups excluding carboxylic acids is 1. The molecule has 3 unspecified atom stereocenters. The van der Waals surface area contributed by atoms with Crippen LogP contribution in [0.4, 0.5) is 0 Å². The number of thioether (sulfide) groups is 1. The molecule has 0 saturated heterocycles. The first-order valence-electron chi connectivity index (χ1n) is 5.67. The highest BCUT2D eigenvalue weighted by atomic mass is 32.2. The highest BCUT2D eigenvalue weighted by Crippen LogP contribution is 2.56. The Balaban J connectivity index is 1.85. The van der Waals surface area contributed by atoms with E-state index < -0.39 is 0 Å². The second kappa shape index (κ2) is 3.49. The Morgan fingerprint density at radius 1 is 1.31 bits per heavy atom. The number of rotatable bonds is 2. The largest absolute Gasteiger partial charge is 0.298 e. The van der Waals surface area contributed by atoms with E-state index in [0.29, 0.717) is 11.7 Å². The molecule has 0 amide bonds. The lowest BCUT2D eigenvalue weighted by Gasteiger charge is -2.47. The SMILES string of the molecule is CC1(Sc2ccccc2)C(=O)C2CC=CC21. The molecule has 82 valence electrons. The van der Waals surface area contributed by atoms with E-state index in [1.807, 2.05) is 18.2 Å². The van der Waals surface area contributed by atoms with Crippen molar-refractivity contribution in [1.82, 2.24) is 0 Å². The van der Waals surface area contributed by atoms with Crippen LogP contribution in [0.3, 0.4) is 0 Å². The Kier molecular flexibility index (Phi) is 2.21. The minimum atomic E-state index is -0.223. The van der Waals surface area contributed by atoms with Crippen LogP contribution >= 0.6 is 11.8 Å². The molecule has 1 aromatic carbocycles. The zero-order valence-electron chi connectivity index (χ0n) is 9.22. The molecule has 1 aromatic rings. The van der Waals surface area contributed by atoms with Gasteiger partial charge in [0.15, 0.2) is 5.78 Å². The van der Waals surface area contributed by atoms with Crippen LogP contribution in [0, 0.1) is 11.8 Å². The van der Waals surface area contributed by atoms with Crippen molar-refractivity contribution in [3.05, 3.63) is 42.5 Å². The summed E-state index contributed by atoms with van der Waals surface area (Å²) < 4.78 is -0.223. The molecule has 2 aliphatic carbocycles. The van der Waals surface area contributed by atoms with Crippen LogP contribution in [-0.2, 0) is 4.79 Å². The van der Waals surface area contributed by atoms with Gasteiger partial charge in [0.25, 0.3) is 0 Å². The molecule has 0 aromatic heterocycles. The first kappa shape index (κ1) is 10.2. The lowest BCUT2D eigenvalue weighted by molar-refractivity contribution is -0.135. The number of carbonyl (C=O) groups is 1. The number of ketones is 1. The fourth-order valence-corrected chi connectivity index (χ4v) is 4.19. The summed E-state index contributed by atoms with van der Waals surface area (Å²) in [6, 6.07) is 10.2. The van der Waals surface area contributed by atoms with Gasteiger partial charge in [0.2, 0.25) is 0 Å². The fourth-order valence-electron chi connectivity index (χ4n) is 2.78. The zero-order valence-corrected chi connectivity index (χ0v) is 10.0. The summed E-state index contributed by atoms with van der Waals surface area (Å²) in [5.41, 5.74) is 0. The molecule has 3 rings (SSSR count). The molecular formula is C14H14OS.